The molecule has 0 saturated heterocycles. The average Bonchev–Trinajstić information content (AvgIpc) is 2.80. The minimum absolute atomic E-state index is 0.237. The smallest absolute Gasteiger partial charge is 0.124 e. The Morgan fingerprint density at radius 1 is 1.16 bits per heavy atom. The second kappa shape index (κ2) is 4.38. The lowest BCUT2D eigenvalue weighted by molar-refractivity contribution is 0.478. The summed E-state index contributed by atoms with van der Waals surface area (Å²) < 4.78 is 5.31. The highest BCUT2D eigenvalue weighted by Gasteiger charge is 2.13. The van der Waals surface area contributed by atoms with E-state index in [-0.39, 0.29) is 5.75 Å². The maximum absolute atomic E-state index is 10.1. The van der Waals surface area contributed by atoms with E-state index in [1.165, 1.54) is 11.5 Å². The van der Waals surface area contributed by atoms with Gasteiger partial charge in [-0.3, -0.25) is 0 Å². The predicted octanol–water partition coefficient (Wildman–Crippen LogP) is 3.85. The van der Waals surface area contributed by atoms with Crippen LogP contribution < -0.4 is 0 Å². The molecular formula is C15H10N2OS. The maximum Gasteiger partial charge on any atom is 0.124 e. The fourth-order valence-electron chi connectivity index (χ4n) is 2.11. The van der Waals surface area contributed by atoms with Crippen molar-refractivity contribution in [2.45, 2.75) is 6.92 Å². The van der Waals surface area contributed by atoms with Crippen LogP contribution in [0.25, 0.3) is 21.2 Å². The van der Waals surface area contributed by atoms with Gasteiger partial charge in [-0.2, -0.15) is 9.64 Å². The van der Waals surface area contributed by atoms with Gasteiger partial charge in [0.15, 0.2) is 0 Å². The molecule has 0 fully saturated rings. The Morgan fingerprint density at radius 2 is 1.89 bits per heavy atom. The van der Waals surface area contributed by atoms with E-state index in [0.29, 0.717) is 5.56 Å². The summed E-state index contributed by atoms with van der Waals surface area (Å²) in [5.41, 5.74) is 3.25. The number of benzene rings is 2. The normalized spacial score (nSPS) is 10.5. The zero-order valence-electron chi connectivity index (χ0n) is 10.2. The van der Waals surface area contributed by atoms with Crippen molar-refractivity contribution < 1.29 is 5.11 Å². The fourth-order valence-corrected chi connectivity index (χ4v) is 3.06. The number of aromatic nitrogens is 1. The number of aryl methyl sites for hydroxylation is 1. The summed E-state index contributed by atoms with van der Waals surface area (Å²) in [6.07, 6.45) is 0. The van der Waals surface area contributed by atoms with Gasteiger partial charge >= 0.3 is 0 Å². The molecule has 0 aliphatic heterocycles. The van der Waals surface area contributed by atoms with Crippen LogP contribution >= 0.6 is 11.5 Å². The van der Waals surface area contributed by atoms with Crippen LogP contribution in [-0.2, 0) is 0 Å². The summed E-state index contributed by atoms with van der Waals surface area (Å²) in [5.74, 6) is 0.237. The van der Waals surface area contributed by atoms with Crippen molar-refractivity contribution in [3.63, 3.8) is 0 Å². The van der Waals surface area contributed by atoms with Gasteiger partial charge in [-0.25, -0.2) is 0 Å². The van der Waals surface area contributed by atoms with E-state index in [9.17, 15) is 5.11 Å². The van der Waals surface area contributed by atoms with Crippen LogP contribution in [0.5, 0.6) is 5.75 Å². The lowest BCUT2D eigenvalue weighted by Crippen LogP contribution is -1.81. The molecule has 1 heterocycles. The Labute approximate surface area is 114 Å². The van der Waals surface area contributed by atoms with Crippen LogP contribution in [0.2, 0.25) is 0 Å². The third kappa shape index (κ3) is 1.85. The summed E-state index contributed by atoms with van der Waals surface area (Å²) in [5, 5.41) is 20.0. The Hall–Kier alpha value is -2.38. The number of rotatable bonds is 1. The van der Waals surface area contributed by atoms with Crippen LogP contribution in [-0.4, -0.2) is 9.48 Å². The topological polar surface area (TPSA) is 56.9 Å². The molecule has 0 spiro atoms. The number of nitrogens with zero attached hydrogens (tertiary/aromatic N) is 2. The van der Waals surface area contributed by atoms with E-state index >= 15 is 0 Å². The molecule has 3 nitrogen and oxygen atoms in total. The third-order valence-corrected chi connectivity index (χ3v) is 4.07. The van der Waals surface area contributed by atoms with E-state index < -0.39 is 0 Å². The van der Waals surface area contributed by atoms with Crippen molar-refractivity contribution in [1.82, 2.24) is 4.37 Å². The first-order chi connectivity index (χ1) is 9.20. The van der Waals surface area contributed by atoms with E-state index in [1.807, 2.05) is 25.1 Å². The summed E-state index contributed by atoms with van der Waals surface area (Å²) in [6.45, 7) is 1.96. The van der Waals surface area contributed by atoms with Crippen molar-refractivity contribution in [2.75, 3.05) is 0 Å². The molecule has 1 aromatic heterocycles. The van der Waals surface area contributed by atoms with Crippen molar-refractivity contribution in [3.8, 4) is 22.9 Å². The zero-order valence-corrected chi connectivity index (χ0v) is 11.0. The molecule has 0 aliphatic carbocycles. The van der Waals surface area contributed by atoms with Gasteiger partial charge in [0.1, 0.15) is 5.75 Å². The summed E-state index contributed by atoms with van der Waals surface area (Å²) in [7, 11) is 0. The monoisotopic (exact) mass is 266 g/mol. The predicted molar refractivity (Wildman–Crippen MR) is 76.2 cm³/mol. The quantitative estimate of drug-likeness (QED) is 0.727. The number of phenols is 1. The lowest BCUT2D eigenvalue weighted by Gasteiger charge is -2.06. The molecular weight excluding hydrogens is 256 g/mol. The van der Waals surface area contributed by atoms with Crippen LogP contribution in [0.4, 0.5) is 0 Å². The van der Waals surface area contributed by atoms with Gasteiger partial charge in [0.25, 0.3) is 0 Å². The number of nitriles is 1. The van der Waals surface area contributed by atoms with Gasteiger partial charge in [0, 0.05) is 10.9 Å². The Morgan fingerprint density at radius 3 is 2.58 bits per heavy atom. The second-order valence-electron chi connectivity index (χ2n) is 4.29. The number of aromatic hydroxyl groups is 1. The van der Waals surface area contributed by atoms with Gasteiger partial charge < -0.3 is 5.11 Å². The molecule has 0 saturated carbocycles. The van der Waals surface area contributed by atoms with Crippen LogP contribution in [0.1, 0.15) is 11.3 Å². The van der Waals surface area contributed by atoms with Gasteiger partial charge in [0.05, 0.1) is 22.0 Å². The summed E-state index contributed by atoms with van der Waals surface area (Å²) in [4.78, 5) is 0. The van der Waals surface area contributed by atoms with Crippen molar-refractivity contribution >= 4 is 21.6 Å². The summed E-state index contributed by atoms with van der Waals surface area (Å²) >= 11 is 1.38. The highest BCUT2D eigenvalue weighted by atomic mass is 32.1. The van der Waals surface area contributed by atoms with Gasteiger partial charge in [-0.05, 0) is 48.3 Å². The Kier molecular flexibility index (Phi) is 2.69. The number of hydrogen-bond donors (Lipinski definition) is 1. The minimum atomic E-state index is 0.237. The van der Waals surface area contributed by atoms with Crippen molar-refractivity contribution in [1.29, 1.82) is 5.26 Å². The third-order valence-electron chi connectivity index (χ3n) is 3.10. The van der Waals surface area contributed by atoms with E-state index in [0.717, 1.165) is 26.9 Å². The number of fused-ring (bicyclic) bond motifs is 1. The largest absolute Gasteiger partial charge is 0.507 e. The average molecular weight is 266 g/mol. The molecule has 0 radical (unpaired) electrons. The molecule has 19 heavy (non-hydrogen) atoms. The van der Waals surface area contributed by atoms with Gasteiger partial charge in [-0.1, -0.05) is 12.1 Å². The summed E-state index contributed by atoms with van der Waals surface area (Å²) in [6, 6.07) is 12.9. The van der Waals surface area contributed by atoms with Crippen LogP contribution in [0.3, 0.4) is 0 Å². The first-order valence-electron chi connectivity index (χ1n) is 5.79. The minimum Gasteiger partial charge on any atom is -0.507 e. The highest BCUT2D eigenvalue weighted by molar-refractivity contribution is 7.14. The molecule has 92 valence electrons. The molecule has 2 aromatic carbocycles. The molecule has 0 unspecified atom stereocenters. The zero-order chi connectivity index (χ0) is 13.4. The molecule has 0 amide bonds. The fraction of sp³-hybridized carbons (Fsp3) is 0.0667. The van der Waals surface area contributed by atoms with Crippen molar-refractivity contribution in [2.24, 2.45) is 0 Å². The SMILES string of the molecule is Cc1nsc2c(-c3ccc(C#N)cc3)c(O)ccc12. The first kappa shape index (κ1) is 11.7. The Bertz CT molecular complexity index is 797. The molecule has 3 rings (SSSR count). The highest BCUT2D eigenvalue weighted by Crippen LogP contribution is 2.39. The number of phenolic OH excluding ortho intramolecular Hbond substituents is 1. The Balaban J connectivity index is 2.28. The standard InChI is InChI=1S/C15H10N2OS/c1-9-12-6-7-13(18)14(15(12)19-17-9)11-4-2-10(8-16)3-5-11/h2-7,18H,1H3. The molecule has 0 aliphatic rings. The van der Waals surface area contributed by atoms with Gasteiger partial charge in [-0.15, -0.1) is 0 Å². The van der Waals surface area contributed by atoms with Crippen molar-refractivity contribution in [3.05, 3.63) is 47.7 Å². The molecule has 3 aromatic rings. The lowest BCUT2D eigenvalue weighted by atomic mass is 10.0. The van der Waals surface area contributed by atoms with E-state index in [4.69, 9.17) is 5.26 Å². The molecule has 1 N–H and O–H groups in total. The molecule has 0 bridgehead atoms. The van der Waals surface area contributed by atoms with Crippen LogP contribution in [0.15, 0.2) is 36.4 Å². The van der Waals surface area contributed by atoms with E-state index in [1.54, 1.807) is 18.2 Å². The van der Waals surface area contributed by atoms with Crippen LogP contribution in [0, 0.1) is 18.3 Å². The maximum atomic E-state index is 10.1. The molecule has 4 heteroatoms. The second-order valence-corrected chi connectivity index (χ2v) is 5.07. The van der Waals surface area contributed by atoms with Gasteiger partial charge in [0.2, 0.25) is 0 Å². The number of hydrogen-bond acceptors (Lipinski definition) is 4. The van der Waals surface area contributed by atoms with E-state index in [2.05, 4.69) is 10.4 Å². The molecule has 0 atom stereocenters. The first-order valence-corrected chi connectivity index (χ1v) is 6.56.